The Balaban J connectivity index is 1.42. The molecule has 0 aliphatic heterocycles. The van der Waals surface area contributed by atoms with Gasteiger partial charge in [-0.25, -0.2) is 5.43 Å². The molecule has 0 unspecified atom stereocenters. The van der Waals surface area contributed by atoms with E-state index in [1.165, 1.54) is 0 Å². The van der Waals surface area contributed by atoms with Gasteiger partial charge in [-0.05, 0) is 81.2 Å². The quantitative estimate of drug-likeness (QED) is 0.123. The number of hydrazone groups is 1. The molecule has 4 aromatic rings. The highest BCUT2D eigenvalue weighted by atomic mass is 127. The minimum Gasteiger partial charge on any atom is -0.490 e. The third-order valence-electron chi connectivity index (χ3n) is 5.26. The third kappa shape index (κ3) is 6.82. The molecule has 0 radical (unpaired) electrons. The summed E-state index contributed by atoms with van der Waals surface area (Å²) in [4.78, 5) is 12.5. The second-order valence-corrected chi connectivity index (χ2v) is 9.86. The Morgan fingerprint density at radius 3 is 2.60 bits per heavy atom. The number of benzene rings is 4. The molecule has 1 amide bonds. The number of ether oxygens (including phenoxy) is 2. The third-order valence-corrected chi connectivity index (χ3v) is 6.59. The zero-order valence-corrected chi connectivity index (χ0v) is 22.9. The van der Waals surface area contributed by atoms with Crippen molar-refractivity contribution in [3.8, 4) is 11.5 Å². The average Bonchev–Trinajstić information content (AvgIpc) is 2.85. The van der Waals surface area contributed by atoms with Crippen molar-refractivity contribution >= 4 is 61.4 Å². The Hall–Kier alpha value is -2.91. The number of carbonyl (C=O) groups is 1. The van der Waals surface area contributed by atoms with Gasteiger partial charge in [0.25, 0.3) is 0 Å². The van der Waals surface area contributed by atoms with Gasteiger partial charge in [0, 0.05) is 4.47 Å². The normalized spacial score (nSPS) is 11.1. The molecule has 5 nitrogen and oxygen atoms in total. The fourth-order valence-corrected chi connectivity index (χ4v) is 4.68. The van der Waals surface area contributed by atoms with Gasteiger partial charge in [0.15, 0.2) is 11.5 Å². The van der Waals surface area contributed by atoms with Gasteiger partial charge in [-0.2, -0.15) is 5.10 Å². The summed E-state index contributed by atoms with van der Waals surface area (Å²) in [7, 11) is 0. The van der Waals surface area contributed by atoms with Gasteiger partial charge in [0.05, 0.1) is 22.8 Å². The van der Waals surface area contributed by atoms with Gasteiger partial charge >= 0.3 is 0 Å². The number of hydrogen-bond acceptors (Lipinski definition) is 4. The first-order chi connectivity index (χ1) is 17.0. The molecule has 0 saturated heterocycles. The van der Waals surface area contributed by atoms with Crippen LogP contribution in [0.4, 0.5) is 0 Å². The number of fused-ring (bicyclic) bond motifs is 1. The molecule has 1 N–H and O–H groups in total. The van der Waals surface area contributed by atoms with E-state index in [9.17, 15) is 4.79 Å². The van der Waals surface area contributed by atoms with E-state index in [2.05, 4.69) is 49.0 Å². The first-order valence-corrected chi connectivity index (χ1v) is 13.0. The van der Waals surface area contributed by atoms with Crippen LogP contribution in [0, 0.1) is 3.57 Å². The summed E-state index contributed by atoms with van der Waals surface area (Å²) in [6, 6.07) is 25.8. The molecule has 0 atom stereocenters. The smallest absolute Gasteiger partial charge is 0.244 e. The molecule has 0 aliphatic carbocycles. The van der Waals surface area contributed by atoms with Crippen molar-refractivity contribution < 1.29 is 14.3 Å². The van der Waals surface area contributed by atoms with E-state index in [0.717, 1.165) is 35.5 Å². The van der Waals surface area contributed by atoms with Crippen LogP contribution >= 0.6 is 38.5 Å². The molecule has 0 spiro atoms. The van der Waals surface area contributed by atoms with Crippen molar-refractivity contribution in [3.63, 3.8) is 0 Å². The van der Waals surface area contributed by atoms with Gasteiger partial charge in [0.2, 0.25) is 5.91 Å². The summed E-state index contributed by atoms with van der Waals surface area (Å²) >= 11 is 5.67. The summed E-state index contributed by atoms with van der Waals surface area (Å²) in [6.45, 7) is 2.87. The Morgan fingerprint density at radius 2 is 1.80 bits per heavy atom. The maximum Gasteiger partial charge on any atom is 0.244 e. The SMILES string of the molecule is CCOc1cc(/C=N\NC(=O)Cc2cccc3ccccc23)cc(I)c1OCc1ccc(Br)cc1. The first kappa shape index (κ1) is 25.2. The van der Waals surface area contributed by atoms with Crippen LogP contribution in [-0.2, 0) is 17.8 Å². The van der Waals surface area contributed by atoms with Crippen LogP contribution < -0.4 is 14.9 Å². The van der Waals surface area contributed by atoms with Gasteiger partial charge in [-0.15, -0.1) is 0 Å². The molecule has 0 fully saturated rings. The van der Waals surface area contributed by atoms with Gasteiger partial charge in [0.1, 0.15) is 6.61 Å². The van der Waals surface area contributed by atoms with E-state index in [-0.39, 0.29) is 12.3 Å². The lowest BCUT2D eigenvalue weighted by Crippen LogP contribution is -2.19. The molecular weight excluding hydrogens is 619 g/mol. The van der Waals surface area contributed by atoms with E-state index in [1.54, 1.807) is 6.21 Å². The Kier molecular flexibility index (Phi) is 8.76. The predicted octanol–water partition coefficient (Wildman–Crippen LogP) is 6.88. The molecule has 35 heavy (non-hydrogen) atoms. The topological polar surface area (TPSA) is 59.9 Å². The molecule has 7 heteroatoms. The minimum atomic E-state index is -0.174. The Bertz CT molecular complexity index is 1350. The van der Waals surface area contributed by atoms with Crippen LogP contribution in [0.5, 0.6) is 11.5 Å². The van der Waals surface area contributed by atoms with Crippen molar-refractivity contribution in [3.05, 3.63) is 104 Å². The molecule has 0 aromatic heterocycles. The van der Waals surface area contributed by atoms with Crippen molar-refractivity contribution in [2.75, 3.05) is 6.61 Å². The number of halogens is 2. The van der Waals surface area contributed by atoms with Gasteiger partial charge < -0.3 is 9.47 Å². The summed E-state index contributed by atoms with van der Waals surface area (Å²) in [5.74, 6) is 1.15. The molecular formula is C28H24BrIN2O3. The highest BCUT2D eigenvalue weighted by molar-refractivity contribution is 14.1. The van der Waals surface area contributed by atoms with Gasteiger partial charge in [-0.3, -0.25) is 4.79 Å². The average molecular weight is 643 g/mol. The van der Waals surface area contributed by atoms with Crippen molar-refractivity contribution in [2.24, 2.45) is 5.10 Å². The van der Waals surface area contributed by atoms with E-state index in [0.29, 0.717) is 24.7 Å². The number of nitrogens with one attached hydrogen (secondary N) is 1. The Labute approximate surface area is 226 Å². The Morgan fingerprint density at radius 1 is 1.03 bits per heavy atom. The number of rotatable bonds is 9. The van der Waals surface area contributed by atoms with E-state index >= 15 is 0 Å². The molecule has 4 rings (SSSR count). The molecule has 0 aliphatic rings. The summed E-state index contributed by atoms with van der Waals surface area (Å²) in [5, 5.41) is 6.35. The summed E-state index contributed by atoms with van der Waals surface area (Å²) < 4.78 is 13.8. The maximum atomic E-state index is 12.5. The highest BCUT2D eigenvalue weighted by Gasteiger charge is 2.12. The molecule has 0 saturated carbocycles. The number of nitrogens with zero attached hydrogens (tertiary/aromatic N) is 1. The fraction of sp³-hybridized carbons (Fsp3) is 0.143. The van der Waals surface area contributed by atoms with Crippen molar-refractivity contribution in [1.29, 1.82) is 0 Å². The van der Waals surface area contributed by atoms with E-state index in [4.69, 9.17) is 9.47 Å². The van der Waals surface area contributed by atoms with Crippen LogP contribution in [0.3, 0.4) is 0 Å². The first-order valence-electron chi connectivity index (χ1n) is 11.2. The number of amides is 1. The fourth-order valence-electron chi connectivity index (χ4n) is 3.64. The lowest BCUT2D eigenvalue weighted by molar-refractivity contribution is -0.120. The monoisotopic (exact) mass is 642 g/mol. The minimum absolute atomic E-state index is 0.174. The second-order valence-electron chi connectivity index (χ2n) is 7.79. The van der Waals surface area contributed by atoms with E-state index in [1.807, 2.05) is 85.8 Å². The summed E-state index contributed by atoms with van der Waals surface area (Å²) in [5.41, 5.74) is 5.47. The lowest BCUT2D eigenvalue weighted by atomic mass is 10.0. The van der Waals surface area contributed by atoms with Crippen LogP contribution in [0.2, 0.25) is 0 Å². The van der Waals surface area contributed by atoms with Crippen molar-refractivity contribution in [1.82, 2.24) is 5.43 Å². The van der Waals surface area contributed by atoms with Crippen LogP contribution in [0.25, 0.3) is 10.8 Å². The standard InChI is InChI=1S/C28H24BrIN2O3/c1-2-34-26-15-20(14-25(30)28(26)35-18-19-10-12-23(29)13-11-19)17-31-32-27(33)16-22-8-5-7-21-6-3-4-9-24(21)22/h3-15,17H,2,16,18H2,1H3,(H,32,33)/b31-17-. The molecule has 0 heterocycles. The van der Waals surface area contributed by atoms with Crippen LogP contribution in [-0.4, -0.2) is 18.7 Å². The lowest BCUT2D eigenvalue weighted by Gasteiger charge is -2.15. The molecule has 4 aromatic carbocycles. The van der Waals surface area contributed by atoms with Gasteiger partial charge in [-0.1, -0.05) is 70.5 Å². The van der Waals surface area contributed by atoms with Crippen LogP contribution in [0.1, 0.15) is 23.6 Å². The zero-order valence-electron chi connectivity index (χ0n) is 19.1. The number of hydrogen-bond donors (Lipinski definition) is 1. The maximum absolute atomic E-state index is 12.5. The molecule has 0 bridgehead atoms. The van der Waals surface area contributed by atoms with Crippen molar-refractivity contribution in [2.45, 2.75) is 20.0 Å². The summed E-state index contributed by atoms with van der Waals surface area (Å²) in [6.07, 6.45) is 1.87. The second kappa shape index (κ2) is 12.2. The molecule has 178 valence electrons. The number of carbonyl (C=O) groups excluding carboxylic acids is 1. The highest BCUT2D eigenvalue weighted by Crippen LogP contribution is 2.34. The van der Waals surface area contributed by atoms with Crippen LogP contribution in [0.15, 0.2) is 88.4 Å². The van der Waals surface area contributed by atoms with E-state index < -0.39 is 0 Å². The largest absolute Gasteiger partial charge is 0.490 e. The predicted molar refractivity (Wildman–Crippen MR) is 152 cm³/mol. The zero-order chi connectivity index (χ0) is 24.6.